The molecule has 0 aromatic rings. The molecule has 4 aliphatic carbocycles. The molecule has 0 saturated heterocycles. The Hall–Kier alpha value is -0.560. The van der Waals surface area contributed by atoms with E-state index in [2.05, 4.69) is 4.74 Å². The lowest BCUT2D eigenvalue weighted by atomic mass is 9.76. The molecule has 3 unspecified atom stereocenters. The monoisotopic (exact) mass is 294 g/mol. The van der Waals surface area contributed by atoms with E-state index in [0.29, 0.717) is 17.8 Å². The molecule has 4 rings (SSSR count). The molecular formula is C12H16F2O4S. The first-order valence-corrected chi connectivity index (χ1v) is 7.60. The zero-order valence-electron chi connectivity index (χ0n) is 10.3. The molecule has 0 aromatic heterocycles. The van der Waals surface area contributed by atoms with Gasteiger partial charge in [0.2, 0.25) is 11.1 Å². The van der Waals surface area contributed by atoms with E-state index in [1.54, 1.807) is 0 Å². The van der Waals surface area contributed by atoms with Crippen molar-refractivity contribution in [1.29, 1.82) is 0 Å². The molecule has 0 heterocycles. The molecular weight excluding hydrogens is 278 g/mol. The number of carbonyl (C=O) groups is 1. The predicted octanol–water partition coefficient (Wildman–Crippen LogP) is 2.17. The molecule has 4 fully saturated rings. The van der Waals surface area contributed by atoms with Gasteiger partial charge in [-0.3, -0.25) is 0 Å². The molecule has 3 atom stereocenters. The van der Waals surface area contributed by atoms with Crippen LogP contribution in [0.5, 0.6) is 0 Å². The van der Waals surface area contributed by atoms with Crippen LogP contribution in [0.25, 0.3) is 0 Å². The highest BCUT2D eigenvalue weighted by molar-refractivity contribution is 7.81. The first kappa shape index (κ1) is 13.4. The zero-order chi connectivity index (χ0) is 13.8. The standard InChI is InChI=1S/C12H16F2O4S/c13-12(14,19(16)17)10(15)18-6-11-4-7-1-8(5-11)3-9(11)2-7/h7-9H,1-6H2,(H,16,17). The largest absolute Gasteiger partial charge is 0.460 e. The Labute approximate surface area is 112 Å². The minimum Gasteiger partial charge on any atom is -0.460 e. The summed E-state index contributed by atoms with van der Waals surface area (Å²) < 4.78 is 49.5. The van der Waals surface area contributed by atoms with Gasteiger partial charge in [0.05, 0.1) is 6.61 Å². The molecule has 4 bridgehead atoms. The smallest absolute Gasteiger partial charge is 0.439 e. The van der Waals surface area contributed by atoms with Crippen LogP contribution in [0.15, 0.2) is 0 Å². The van der Waals surface area contributed by atoms with Gasteiger partial charge in [-0.2, -0.15) is 8.78 Å². The predicted molar refractivity (Wildman–Crippen MR) is 62.7 cm³/mol. The van der Waals surface area contributed by atoms with Gasteiger partial charge >= 0.3 is 11.2 Å². The molecule has 4 nitrogen and oxygen atoms in total. The van der Waals surface area contributed by atoms with E-state index in [1.807, 2.05) is 0 Å². The summed E-state index contributed by atoms with van der Waals surface area (Å²) in [5.41, 5.74) is -0.143. The van der Waals surface area contributed by atoms with Crippen molar-refractivity contribution in [3.8, 4) is 0 Å². The third-order valence-corrected chi connectivity index (χ3v) is 5.71. The van der Waals surface area contributed by atoms with Crippen LogP contribution in [-0.4, -0.2) is 26.6 Å². The van der Waals surface area contributed by atoms with Crippen molar-refractivity contribution in [2.75, 3.05) is 6.61 Å². The van der Waals surface area contributed by atoms with E-state index in [0.717, 1.165) is 25.7 Å². The normalized spacial score (nSPS) is 41.5. The first-order valence-electron chi connectivity index (χ1n) is 6.49. The lowest BCUT2D eigenvalue weighted by Gasteiger charge is -2.32. The Morgan fingerprint density at radius 1 is 1.32 bits per heavy atom. The Kier molecular flexibility index (Phi) is 2.98. The number of esters is 1. The first-order chi connectivity index (χ1) is 8.83. The number of hydrogen-bond acceptors (Lipinski definition) is 3. The lowest BCUT2D eigenvalue weighted by molar-refractivity contribution is -0.165. The molecule has 0 amide bonds. The molecule has 0 spiro atoms. The second kappa shape index (κ2) is 4.22. The van der Waals surface area contributed by atoms with Crippen LogP contribution in [0.2, 0.25) is 0 Å². The highest BCUT2D eigenvalue weighted by atomic mass is 32.2. The molecule has 19 heavy (non-hydrogen) atoms. The molecule has 4 aliphatic rings. The van der Waals surface area contributed by atoms with Gasteiger partial charge in [-0.25, -0.2) is 9.00 Å². The van der Waals surface area contributed by atoms with E-state index in [-0.39, 0.29) is 12.0 Å². The van der Waals surface area contributed by atoms with E-state index in [1.165, 1.54) is 6.42 Å². The fourth-order valence-corrected chi connectivity index (χ4v) is 4.77. The topological polar surface area (TPSA) is 63.6 Å². The van der Waals surface area contributed by atoms with Gasteiger partial charge in [0, 0.05) is 5.41 Å². The molecule has 108 valence electrons. The summed E-state index contributed by atoms with van der Waals surface area (Å²) in [6.07, 6.45) is 5.31. The minimum absolute atomic E-state index is 0.0315. The van der Waals surface area contributed by atoms with Crippen molar-refractivity contribution in [2.24, 2.45) is 23.2 Å². The minimum atomic E-state index is -4.33. The van der Waals surface area contributed by atoms with Crippen molar-refractivity contribution in [1.82, 2.24) is 0 Å². The molecule has 0 aliphatic heterocycles. The van der Waals surface area contributed by atoms with Crippen molar-refractivity contribution >= 4 is 17.0 Å². The summed E-state index contributed by atoms with van der Waals surface area (Å²) in [5.74, 6) is -0.126. The number of ether oxygens (including phenoxy) is 1. The SMILES string of the molecule is O=C(OCC12CC3CC(CC1C3)C2)C(F)(F)S(=O)O. The zero-order valence-corrected chi connectivity index (χ0v) is 11.1. The van der Waals surface area contributed by atoms with Gasteiger partial charge in [-0.15, -0.1) is 0 Å². The Balaban J connectivity index is 1.65. The maximum absolute atomic E-state index is 13.0. The van der Waals surface area contributed by atoms with Gasteiger partial charge in [0.15, 0.2) is 0 Å². The fourth-order valence-electron chi connectivity index (χ4n) is 4.56. The van der Waals surface area contributed by atoms with Crippen LogP contribution in [0, 0.1) is 23.2 Å². The van der Waals surface area contributed by atoms with E-state index in [9.17, 15) is 17.8 Å². The number of hydrogen-bond donors (Lipinski definition) is 1. The number of rotatable bonds is 4. The van der Waals surface area contributed by atoms with Crippen molar-refractivity contribution < 1.29 is 27.1 Å². The molecule has 7 heteroatoms. The lowest BCUT2D eigenvalue weighted by Crippen LogP contribution is -2.38. The van der Waals surface area contributed by atoms with Crippen LogP contribution >= 0.6 is 0 Å². The quantitative estimate of drug-likeness (QED) is 0.637. The molecule has 0 aromatic carbocycles. The highest BCUT2D eigenvalue weighted by Gasteiger charge is 2.59. The van der Waals surface area contributed by atoms with Crippen molar-refractivity contribution in [3.05, 3.63) is 0 Å². The summed E-state index contributed by atoms with van der Waals surface area (Å²) in [7, 11) is 0. The van der Waals surface area contributed by atoms with Gasteiger partial charge in [0.25, 0.3) is 0 Å². The maximum Gasteiger partial charge on any atom is 0.439 e. The van der Waals surface area contributed by atoms with Gasteiger partial charge in [-0.05, 0) is 49.9 Å². The fraction of sp³-hybridized carbons (Fsp3) is 0.917. The van der Waals surface area contributed by atoms with Crippen LogP contribution in [0.3, 0.4) is 0 Å². The summed E-state index contributed by atoms with van der Waals surface area (Å²) in [4.78, 5) is 11.2. The summed E-state index contributed by atoms with van der Waals surface area (Å²) in [6, 6.07) is 0. The third kappa shape index (κ3) is 2.01. The number of carbonyl (C=O) groups excluding carboxylic acids is 1. The Morgan fingerprint density at radius 2 is 1.89 bits per heavy atom. The van der Waals surface area contributed by atoms with E-state index in [4.69, 9.17) is 4.55 Å². The average Bonchev–Trinajstić information content (AvgIpc) is 2.71. The third-order valence-electron chi connectivity index (χ3n) is 5.11. The number of halogens is 2. The summed E-state index contributed by atoms with van der Waals surface area (Å²) in [5, 5.41) is -4.33. The van der Waals surface area contributed by atoms with Crippen molar-refractivity contribution in [3.63, 3.8) is 0 Å². The second-order valence-corrected chi connectivity index (χ2v) is 7.26. The summed E-state index contributed by atoms with van der Waals surface area (Å²) in [6.45, 7) is -0.0315. The van der Waals surface area contributed by atoms with Crippen LogP contribution < -0.4 is 0 Å². The van der Waals surface area contributed by atoms with Crippen LogP contribution in [0.1, 0.15) is 32.1 Å². The summed E-state index contributed by atoms with van der Waals surface area (Å²) >= 11 is -3.52. The average molecular weight is 294 g/mol. The van der Waals surface area contributed by atoms with Crippen molar-refractivity contribution in [2.45, 2.75) is 37.4 Å². The van der Waals surface area contributed by atoms with Gasteiger partial charge in [0.1, 0.15) is 0 Å². The highest BCUT2D eigenvalue weighted by Crippen LogP contribution is 2.65. The van der Waals surface area contributed by atoms with E-state index < -0.39 is 22.3 Å². The molecule has 4 saturated carbocycles. The van der Waals surface area contributed by atoms with Gasteiger partial charge in [-0.1, -0.05) is 0 Å². The number of alkyl halides is 2. The Morgan fingerprint density at radius 3 is 2.42 bits per heavy atom. The second-order valence-electron chi connectivity index (χ2n) is 6.25. The maximum atomic E-state index is 13.0. The Bertz CT molecular complexity index is 425. The molecule has 0 radical (unpaired) electrons. The van der Waals surface area contributed by atoms with Crippen LogP contribution in [0.4, 0.5) is 8.78 Å². The van der Waals surface area contributed by atoms with E-state index >= 15 is 0 Å². The molecule has 1 N–H and O–H groups in total. The van der Waals surface area contributed by atoms with Crippen LogP contribution in [-0.2, 0) is 20.6 Å². The van der Waals surface area contributed by atoms with Gasteiger partial charge < -0.3 is 9.29 Å².